The molecule has 3 aromatic rings. The number of amides is 2. The Balaban J connectivity index is 1.45. The molecule has 1 heterocycles. The largest absolute Gasteiger partial charge is 0.387 e. The molecule has 0 bridgehead atoms. The molecular formula is C19H20N2O2S. The van der Waals surface area contributed by atoms with Crippen molar-refractivity contribution in [2.24, 2.45) is 0 Å². The van der Waals surface area contributed by atoms with Crippen molar-refractivity contribution in [3.63, 3.8) is 0 Å². The normalized spacial score (nSPS) is 12.0. The molecule has 1 atom stereocenters. The Morgan fingerprint density at radius 3 is 2.62 bits per heavy atom. The van der Waals surface area contributed by atoms with Crippen LogP contribution in [0.15, 0.2) is 60.0 Å². The van der Waals surface area contributed by atoms with E-state index < -0.39 is 6.10 Å². The van der Waals surface area contributed by atoms with Gasteiger partial charge in [-0.25, -0.2) is 4.79 Å². The molecule has 3 rings (SSSR count). The summed E-state index contributed by atoms with van der Waals surface area (Å²) < 4.78 is 1.14. The predicted octanol–water partition coefficient (Wildman–Crippen LogP) is 3.48. The maximum atomic E-state index is 11.8. The molecule has 4 nitrogen and oxygen atoms in total. The molecule has 1 aromatic heterocycles. The third-order valence-electron chi connectivity index (χ3n) is 3.87. The molecule has 1 unspecified atom stereocenters. The lowest BCUT2D eigenvalue weighted by atomic mass is 10.1. The Morgan fingerprint density at radius 1 is 1.04 bits per heavy atom. The maximum absolute atomic E-state index is 11.8. The molecule has 2 aromatic carbocycles. The molecule has 3 N–H and O–H groups in total. The van der Waals surface area contributed by atoms with Crippen molar-refractivity contribution in [1.29, 1.82) is 0 Å². The van der Waals surface area contributed by atoms with Gasteiger partial charge in [-0.3, -0.25) is 0 Å². The van der Waals surface area contributed by atoms with E-state index >= 15 is 0 Å². The number of nitrogens with one attached hydrogen (secondary N) is 2. The topological polar surface area (TPSA) is 61.4 Å². The average Bonchev–Trinajstić information content (AvgIpc) is 3.05. The van der Waals surface area contributed by atoms with Crippen LogP contribution in [0, 0.1) is 0 Å². The molecule has 0 radical (unpaired) electrons. The smallest absolute Gasteiger partial charge is 0.314 e. The number of carbonyl (C=O) groups excluding carboxylic acids is 1. The zero-order chi connectivity index (χ0) is 16.8. The van der Waals surface area contributed by atoms with Gasteiger partial charge in [0.2, 0.25) is 0 Å². The highest BCUT2D eigenvalue weighted by Gasteiger charge is 2.13. The molecule has 2 amide bonds. The van der Waals surface area contributed by atoms with Crippen LogP contribution in [0.5, 0.6) is 0 Å². The van der Waals surface area contributed by atoms with Crippen molar-refractivity contribution in [2.75, 3.05) is 13.1 Å². The first-order chi connectivity index (χ1) is 11.7. The molecule has 0 spiro atoms. The van der Waals surface area contributed by atoms with Crippen molar-refractivity contribution in [3.05, 3.63) is 71.1 Å². The second-order valence-electron chi connectivity index (χ2n) is 5.58. The van der Waals surface area contributed by atoms with Crippen LogP contribution in [0.2, 0.25) is 0 Å². The number of thiophene rings is 1. The number of rotatable bonds is 6. The Labute approximate surface area is 145 Å². The summed E-state index contributed by atoms with van der Waals surface area (Å²) in [6.45, 7) is 0.755. The van der Waals surface area contributed by atoms with Gasteiger partial charge in [0, 0.05) is 23.4 Å². The van der Waals surface area contributed by atoms with Crippen molar-refractivity contribution < 1.29 is 9.90 Å². The van der Waals surface area contributed by atoms with Gasteiger partial charge in [0.25, 0.3) is 0 Å². The van der Waals surface area contributed by atoms with Crippen LogP contribution in [-0.2, 0) is 6.42 Å². The summed E-state index contributed by atoms with van der Waals surface area (Å²) in [6.07, 6.45) is 0.0763. The summed E-state index contributed by atoms with van der Waals surface area (Å²) in [7, 11) is 0. The number of fused-ring (bicyclic) bond motifs is 1. The SMILES string of the molecule is O=C(NCCc1ccccc1)NCC(O)c1csc2ccccc12. The van der Waals surface area contributed by atoms with Gasteiger partial charge in [-0.1, -0.05) is 48.5 Å². The van der Waals surface area contributed by atoms with Crippen LogP contribution in [0.25, 0.3) is 10.1 Å². The fraction of sp³-hybridized carbons (Fsp3) is 0.211. The van der Waals surface area contributed by atoms with Gasteiger partial charge in [0.05, 0.1) is 6.10 Å². The fourth-order valence-electron chi connectivity index (χ4n) is 2.58. The molecule has 24 heavy (non-hydrogen) atoms. The monoisotopic (exact) mass is 340 g/mol. The number of hydrogen-bond donors (Lipinski definition) is 3. The Bertz CT molecular complexity index is 801. The number of urea groups is 1. The number of carbonyl (C=O) groups is 1. The first kappa shape index (κ1) is 16.5. The standard InChI is InChI=1S/C19H20N2O2S/c22-17(16-13-24-18-9-5-4-8-15(16)18)12-21-19(23)20-11-10-14-6-2-1-3-7-14/h1-9,13,17,22H,10-12H2,(H2,20,21,23). The van der Waals surface area contributed by atoms with E-state index in [0.717, 1.165) is 22.1 Å². The molecule has 0 aliphatic rings. The summed E-state index contributed by atoms with van der Waals surface area (Å²) in [6, 6.07) is 17.7. The van der Waals surface area contributed by atoms with Crippen molar-refractivity contribution in [2.45, 2.75) is 12.5 Å². The van der Waals surface area contributed by atoms with E-state index in [2.05, 4.69) is 10.6 Å². The highest BCUT2D eigenvalue weighted by atomic mass is 32.1. The van der Waals surface area contributed by atoms with Crippen molar-refractivity contribution >= 4 is 27.5 Å². The molecule has 124 valence electrons. The lowest BCUT2D eigenvalue weighted by Gasteiger charge is -2.12. The van der Waals surface area contributed by atoms with Gasteiger partial charge in [0.15, 0.2) is 0 Å². The molecule has 0 saturated carbocycles. The fourth-order valence-corrected chi connectivity index (χ4v) is 3.59. The van der Waals surface area contributed by atoms with Gasteiger partial charge in [-0.15, -0.1) is 11.3 Å². The summed E-state index contributed by atoms with van der Waals surface area (Å²) in [5, 5.41) is 18.9. The van der Waals surface area contributed by atoms with Gasteiger partial charge < -0.3 is 15.7 Å². The number of benzene rings is 2. The van der Waals surface area contributed by atoms with Gasteiger partial charge in [-0.2, -0.15) is 0 Å². The van der Waals surface area contributed by atoms with Crippen molar-refractivity contribution in [3.8, 4) is 0 Å². The van der Waals surface area contributed by atoms with Crippen LogP contribution in [0.4, 0.5) is 4.79 Å². The van der Waals surface area contributed by atoms with E-state index in [1.54, 1.807) is 11.3 Å². The lowest BCUT2D eigenvalue weighted by molar-refractivity contribution is 0.175. The lowest BCUT2D eigenvalue weighted by Crippen LogP contribution is -2.38. The molecule has 0 aliphatic carbocycles. The first-order valence-corrected chi connectivity index (χ1v) is 8.82. The van der Waals surface area contributed by atoms with Crippen LogP contribution in [-0.4, -0.2) is 24.2 Å². The highest BCUT2D eigenvalue weighted by molar-refractivity contribution is 7.17. The van der Waals surface area contributed by atoms with Crippen LogP contribution in [0.1, 0.15) is 17.2 Å². The summed E-state index contributed by atoms with van der Waals surface area (Å²) in [5.74, 6) is 0. The third kappa shape index (κ3) is 4.13. The van der Waals surface area contributed by atoms with Gasteiger partial charge in [0.1, 0.15) is 0 Å². The molecule has 0 aliphatic heterocycles. The van der Waals surface area contributed by atoms with Crippen LogP contribution >= 0.6 is 11.3 Å². The van der Waals surface area contributed by atoms with E-state index in [4.69, 9.17) is 0 Å². The van der Waals surface area contributed by atoms with E-state index in [1.807, 2.05) is 60.0 Å². The minimum atomic E-state index is -0.707. The summed E-state index contributed by atoms with van der Waals surface area (Å²) in [5.41, 5.74) is 2.04. The molecule has 0 saturated heterocycles. The summed E-state index contributed by atoms with van der Waals surface area (Å²) >= 11 is 1.60. The number of aliphatic hydroxyl groups excluding tert-OH is 1. The summed E-state index contributed by atoms with van der Waals surface area (Å²) in [4.78, 5) is 11.8. The second kappa shape index (κ2) is 7.95. The predicted molar refractivity (Wildman–Crippen MR) is 98.3 cm³/mol. The molecule has 5 heteroatoms. The maximum Gasteiger partial charge on any atom is 0.314 e. The van der Waals surface area contributed by atoms with E-state index in [9.17, 15) is 9.90 Å². The number of hydrogen-bond acceptors (Lipinski definition) is 3. The highest BCUT2D eigenvalue weighted by Crippen LogP contribution is 2.29. The zero-order valence-electron chi connectivity index (χ0n) is 13.2. The van der Waals surface area contributed by atoms with E-state index in [0.29, 0.717) is 6.54 Å². The second-order valence-corrected chi connectivity index (χ2v) is 6.49. The third-order valence-corrected chi connectivity index (χ3v) is 4.85. The molecule has 0 fully saturated rings. The van der Waals surface area contributed by atoms with Crippen LogP contribution in [0.3, 0.4) is 0 Å². The Morgan fingerprint density at radius 2 is 1.79 bits per heavy atom. The molecular weight excluding hydrogens is 320 g/mol. The van der Waals surface area contributed by atoms with E-state index in [1.165, 1.54) is 5.56 Å². The minimum absolute atomic E-state index is 0.192. The van der Waals surface area contributed by atoms with Crippen LogP contribution < -0.4 is 10.6 Å². The zero-order valence-corrected chi connectivity index (χ0v) is 14.1. The average molecular weight is 340 g/mol. The minimum Gasteiger partial charge on any atom is -0.387 e. The Hall–Kier alpha value is -2.37. The number of aliphatic hydroxyl groups is 1. The first-order valence-electron chi connectivity index (χ1n) is 7.94. The van der Waals surface area contributed by atoms with E-state index in [-0.39, 0.29) is 12.6 Å². The van der Waals surface area contributed by atoms with Gasteiger partial charge >= 0.3 is 6.03 Å². The van der Waals surface area contributed by atoms with Gasteiger partial charge in [-0.05, 0) is 28.8 Å². The Kier molecular flexibility index (Phi) is 5.46. The quantitative estimate of drug-likeness (QED) is 0.643. The van der Waals surface area contributed by atoms with Crippen molar-refractivity contribution in [1.82, 2.24) is 10.6 Å².